The zero-order valence-electron chi connectivity index (χ0n) is 33.2. The predicted molar refractivity (Wildman–Crippen MR) is 222 cm³/mol. The van der Waals surface area contributed by atoms with Crippen molar-refractivity contribution in [1.29, 1.82) is 0 Å². The second-order valence-electron chi connectivity index (χ2n) is 14.7. The number of rotatable bonds is 20. The van der Waals surface area contributed by atoms with Crippen LogP contribution in [0.1, 0.15) is 65.1 Å². The molecule has 0 fully saturated rings. The van der Waals surface area contributed by atoms with Gasteiger partial charge in [-0.1, -0.05) is 74.5 Å². The van der Waals surface area contributed by atoms with Crippen LogP contribution in [0.2, 0.25) is 0 Å². The van der Waals surface area contributed by atoms with Crippen LogP contribution in [0.5, 0.6) is 0 Å². The van der Waals surface area contributed by atoms with Gasteiger partial charge in [0.2, 0.25) is 5.91 Å². The summed E-state index contributed by atoms with van der Waals surface area (Å²) in [5, 5.41) is 20.4. The van der Waals surface area contributed by atoms with Gasteiger partial charge in [-0.3, -0.25) is 14.7 Å². The number of benzene rings is 2. The molecule has 5 aromatic rings. The lowest BCUT2D eigenvalue weighted by atomic mass is 9.96. The second kappa shape index (κ2) is 21.5. The molecule has 0 saturated heterocycles. The Hall–Kier alpha value is -5.23. The van der Waals surface area contributed by atoms with Gasteiger partial charge in [0.05, 0.1) is 47.5 Å². The molecule has 3 unspecified atom stereocenters. The summed E-state index contributed by atoms with van der Waals surface area (Å²) in [4.78, 5) is 54.1. The van der Waals surface area contributed by atoms with E-state index in [1.165, 1.54) is 16.2 Å². The van der Waals surface area contributed by atoms with Gasteiger partial charge in [0, 0.05) is 49.7 Å². The standard InChI is InChI=1S/C41H52N10O5S2/c1-29(2)39-45-34(25-57-39)21-49(3)40(53)47-36(24-55-28-50-16-17-51-26-43-48-37(51)22-50)38(52)44-32(18-30-10-6-4-7-11-30)14-15-33(19-31-12-8-5-9-13-31)46-41(54)56-23-35-20-42-27-58-35/h4-13,20,25-27,29,32-33,36H,14-19,21-24,28H2,1-3H3,(H,44,52)(H,46,54)(H,47,53). The van der Waals surface area contributed by atoms with E-state index in [1.807, 2.05) is 70.6 Å². The highest BCUT2D eigenvalue weighted by atomic mass is 32.1. The molecule has 0 spiro atoms. The van der Waals surface area contributed by atoms with Crippen LogP contribution in [-0.2, 0) is 53.4 Å². The summed E-state index contributed by atoms with van der Waals surface area (Å²) in [5.41, 5.74) is 4.59. The molecule has 4 heterocycles. The van der Waals surface area contributed by atoms with Crippen LogP contribution in [0, 0.1) is 0 Å². The Bertz CT molecular complexity index is 2010. The SMILES string of the molecule is CC(C)c1nc(CN(C)C(=O)NC(COCN2CCn3cnnc3C2)C(=O)NC(CCC(Cc2ccccc2)NC(=O)OCc2cncs2)Cc2ccccc2)cs1. The molecule has 0 saturated carbocycles. The third-order valence-electron chi connectivity index (χ3n) is 9.71. The quantitative estimate of drug-likeness (QED) is 0.0930. The maximum atomic E-state index is 14.3. The highest BCUT2D eigenvalue weighted by molar-refractivity contribution is 7.09. The topological polar surface area (TPSA) is 169 Å². The number of hydrogen-bond acceptors (Lipinski definition) is 12. The van der Waals surface area contributed by atoms with E-state index in [0.717, 1.165) is 45.6 Å². The van der Waals surface area contributed by atoms with Crippen molar-refractivity contribution in [1.82, 2.24) is 50.5 Å². The molecule has 0 radical (unpaired) electrons. The van der Waals surface area contributed by atoms with Crippen molar-refractivity contribution in [2.24, 2.45) is 0 Å². The van der Waals surface area contributed by atoms with E-state index >= 15 is 0 Å². The molecular weight excluding hydrogens is 777 g/mol. The lowest BCUT2D eigenvalue weighted by molar-refractivity contribution is -0.126. The highest BCUT2D eigenvalue weighted by Crippen LogP contribution is 2.20. The minimum Gasteiger partial charge on any atom is -0.444 e. The fraction of sp³-hybridized carbons (Fsp3) is 0.439. The van der Waals surface area contributed by atoms with E-state index in [4.69, 9.17) is 9.47 Å². The third kappa shape index (κ3) is 13.2. The van der Waals surface area contributed by atoms with E-state index < -0.39 is 18.2 Å². The van der Waals surface area contributed by atoms with Gasteiger partial charge in [-0.2, -0.15) is 0 Å². The number of carbonyl (C=O) groups is 3. The number of nitrogens with one attached hydrogen (secondary N) is 3. The van der Waals surface area contributed by atoms with Crippen molar-refractivity contribution in [2.75, 3.05) is 26.9 Å². The van der Waals surface area contributed by atoms with E-state index in [1.54, 1.807) is 36.4 Å². The first-order chi connectivity index (χ1) is 28.2. The van der Waals surface area contributed by atoms with Crippen molar-refractivity contribution in [3.05, 3.63) is 117 Å². The van der Waals surface area contributed by atoms with Crippen molar-refractivity contribution in [2.45, 2.75) is 89.8 Å². The number of nitrogens with zero attached hydrogens (tertiary/aromatic N) is 7. The number of ether oxygens (including phenoxy) is 2. The summed E-state index contributed by atoms with van der Waals surface area (Å²) in [7, 11) is 1.68. The van der Waals surface area contributed by atoms with Crippen molar-refractivity contribution < 1.29 is 23.9 Å². The van der Waals surface area contributed by atoms with Gasteiger partial charge < -0.3 is 34.9 Å². The van der Waals surface area contributed by atoms with Crippen LogP contribution in [0.4, 0.5) is 9.59 Å². The van der Waals surface area contributed by atoms with Crippen LogP contribution in [-0.4, -0.2) is 97.6 Å². The van der Waals surface area contributed by atoms with Gasteiger partial charge in [0.1, 0.15) is 24.8 Å². The number of fused-ring (bicyclic) bond motifs is 1. The molecule has 3 N–H and O–H groups in total. The van der Waals surface area contributed by atoms with Gasteiger partial charge >= 0.3 is 12.1 Å². The Morgan fingerprint density at radius 2 is 1.62 bits per heavy atom. The molecule has 58 heavy (non-hydrogen) atoms. The molecule has 4 amide bonds. The average Bonchev–Trinajstić information content (AvgIpc) is 4.03. The zero-order valence-corrected chi connectivity index (χ0v) is 34.8. The van der Waals surface area contributed by atoms with Crippen LogP contribution in [0.15, 0.2) is 84.1 Å². The number of alkyl carbamates (subject to hydrolysis) is 1. The average molecular weight is 829 g/mol. The van der Waals surface area contributed by atoms with Crippen LogP contribution < -0.4 is 16.0 Å². The summed E-state index contributed by atoms with van der Waals surface area (Å²) in [5.74, 6) is 0.766. The minimum absolute atomic E-state index is 0.0509. The smallest absolute Gasteiger partial charge is 0.407 e. The Labute approximate surface area is 347 Å². The van der Waals surface area contributed by atoms with Crippen molar-refractivity contribution in [3.63, 3.8) is 0 Å². The van der Waals surface area contributed by atoms with Crippen LogP contribution in [0.25, 0.3) is 0 Å². The normalized spacial score (nSPS) is 14.3. The summed E-state index contributed by atoms with van der Waals surface area (Å²) in [6.45, 7) is 6.82. The van der Waals surface area contributed by atoms with Gasteiger partial charge in [-0.15, -0.1) is 32.9 Å². The van der Waals surface area contributed by atoms with Gasteiger partial charge in [0.15, 0.2) is 0 Å². The van der Waals surface area contributed by atoms with Gasteiger partial charge in [-0.05, 0) is 36.8 Å². The summed E-state index contributed by atoms with van der Waals surface area (Å²) in [6.07, 6.45) is 5.07. The minimum atomic E-state index is -0.997. The third-order valence-corrected chi connectivity index (χ3v) is 11.7. The van der Waals surface area contributed by atoms with Crippen molar-refractivity contribution in [3.8, 4) is 0 Å². The molecule has 1 aliphatic rings. The molecule has 17 heteroatoms. The molecule has 15 nitrogen and oxygen atoms in total. The molecule has 0 bridgehead atoms. The molecule has 6 rings (SSSR count). The first-order valence-corrected chi connectivity index (χ1v) is 21.3. The maximum Gasteiger partial charge on any atom is 0.407 e. The predicted octanol–water partition coefficient (Wildman–Crippen LogP) is 5.36. The van der Waals surface area contributed by atoms with E-state index in [9.17, 15) is 14.4 Å². The largest absolute Gasteiger partial charge is 0.444 e. The Morgan fingerprint density at radius 3 is 2.28 bits per heavy atom. The van der Waals surface area contributed by atoms with Crippen LogP contribution in [0.3, 0.4) is 0 Å². The summed E-state index contributed by atoms with van der Waals surface area (Å²) in [6, 6.07) is 17.9. The number of urea groups is 1. The molecule has 2 aromatic carbocycles. The summed E-state index contributed by atoms with van der Waals surface area (Å²) < 4.78 is 13.7. The summed E-state index contributed by atoms with van der Waals surface area (Å²) >= 11 is 2.99. The fourth-order valence-corrected chi connectivity index (χ4v) is 7.89. The first kappa shape index (κ1) is 42.4. The van der Waals surface area contributed by atoms with Crippen LogP contribution >= 0.6 is 22.7 Å². The molecule has 3 aromatic heterocycles. The lowest BCUT2D eigenvalue weighted by Gasteiger charge is -2.29. The number of thiazole rings is 2. The Kier molecular flexibility index (Phi) is 15.7. The molecule has 0 aliphatic carbocycles. The number of carbonyl (C=O) groups excluding carboxylic acids is 3. The molecular formula is C41H52N10O5S2. The van der Waals surface area contributed by atoms with Crippen molar-refractivity contribution >= 4 is 40.7 Å². The van der Waals surface area contributed by atoms with E-state index in [-0.39, 0.29) is 50.4 Å². The number of hydrogen-bond donors (Lipinski definition) is 3. The highest BCUT2D eigenvalue weighted by Gasteiger charge is 2.28. The van der Waals surface area contributed by atoms with Gasteiger partial charge in [0.25, 0.3) is 0 Å². The molecule has 1 aliphatic heterocycles. The number of aromatic nitrogens is 5. The lowest BCUT2D eigenvalue weighted by Crippen LogP contribution is -2.55. The fourth-order valence-electron chi connectivity index (χ4n) is 6.55. The Balaban J connectivity index is 1.14. The molecule has 3 atom stereocenters. The monoisotopic (exact) mass is 828 g/mol. The number of amides is 4. The van der Waals surface area contributed by atoms with Gasteiger partial charge in [-0.25, -0.2) is 14.6 Å². The van der Waals surface area contributed by atoms with E-state index in [0.29, 0.717) is 32.2 Å². The zero-order chi connectivity index (χ0) is 40.7. The first-order valence-electron chi connectivity index (χ1n) is 19.5. The second-order valence-corrected chi connectivity index (χ2v) is 16.6. The maximum absolute atomic E-state index is 14.3. The molecule has 308 valence electrons. The Morgan fingerprint density at radius 1 is 0.914 bits per heavy atom. The van der Waals surface area contributed by atoms with E-state index in [2.05, 4.69) is 54.9 Å².